The third-order valence-corrected chi connectivity index (χ3v) is 7.99. The summed E-state index contributed by atoms with van der Waals surface area (Å²) in [5.41, 5.74) is -0.0806. The first-order valence-corrected chi connectivity index (χ1v) is 12.5. The van der Waals surface area contributed by atoms with Gasteiger partial charge < -0.3 is 29.3 Å². The first-order valence-electron chi connectivity index (χ1n) is 12.5. The SMILES string of the molecule is COc1ccc(COCC(C2N(C(=O)N3CCCC3)CCC23CCN(C(=O)O)CC3)C(F)(F)F)cc1. The lowest BCUT2D eigenvalue weighted by molar-refractivity contribution is -0.212. The minimum Gasteiger partial charge on any atom is -0.497 e. The topological polar surface area (TPSA) is 82.6 Å². The minimum atomic E-state index is -4.59. The normalized spacial score (nSPS) is 22.8. The highest BCUT2D eigenvalue weighted by molar-refractivity contribution is 5.75. The van der Waals surface area contributed by atoms with Gasteiger partial charge in [0.2, 0.25) is 0 Å². The van der Waals surface area contributed by atoms with Crippen molar-refractivity contribution in [2.24, 2.45) is 11.3 Å². The van der Waals surface area contributed by atoms with Gasteiger partial charge in [-0.2, -0.15) is 13.2 Å². The van der Waals surface area contributed by atoms with Crippen molar-refractivity contribution in [3.05, 3.63) is 29.8 Å². The number of hydrogen-bond donors (Lipinski definition) is 1. The number of benzene rings is 1. The van der Waals surface area contributed by atoms with Gasteiger partial charge in [-0.15, -0.1) is 0 Å². The van der Waals surface area contributed by atoms with E-state index < -0.39 is 36.3 Å². The summed E-state index contributed by atoms with van der Waals surface area (Å²) in [6.07, 6.45) is -2.96. The molecule has 3 amide bonds. The lowest BCUT2D eigenvalue weighted by Gasteiger charge is -2.47. The summed E-state index contributed by atoms with van der Waals surface area (Å²) >= 11 is 0. The van der Waals surface area contributed by atoms with Gasteiger partial charge in [0.15, 0.2) is 0 Å². The average molecular weight is 514 g/mol. The van der Waals surface area contributed by atoms with Crippen LogP contribution in [0, 0.1) is 11.3 Å². The number of alkyl halides is 3. The Morgan fingerprint density at radius 1 is 1.03 bits per heavy atom. The second kappa shape index (κ2) is 10.7. The second-order valence-electron chi connectivity index (χ2n) is 10.0. The molecule has 0 aromatic heterocycles. The van der Waals surface area contributed by atoms with Gasteiger partial charge in [-0.05, 0) is 55.2 Å². The van der Waals surface area contributed by atoms with E-state index in [1.165, 1.54) is 16.9 Å². The van der Waals surface area contributed by atoms with Crippen LogP contribution in [0.1, 0.15) is 37.7 Å². The highest BCUT2D eigenvalue weighted by Gasteiger charge is 2.60. The molecule has 11 heteroatoms. The number of hydrogen-bond acceptors (Lipinski definition) is 4. The number of likely N-dealkylation sites (tertiary alicyclic amines) is 3. The van der Waals surface area contributed by atoms with Crippen molar-refractivity contribution in [1.29, 1.82) is 0 Å². The zero-order valence-corrected chi connectivity index (χ0v) is 20.5. The molecule has 4 rings (SSSR count). The molecule has 200 valence electrons. The van der Waals surface area contributed by atoms with Crippen molar-refractivity contribution in [1.82, 2.24) is 14.7 Å². The van der Waals surface area contributed by atoms with Crippen molar-refractivity contribution < 1.29 is 37.3 Å². The van der Waals surface area contributed by atoms with Crippen molar-refractivity contribution in [2.75, 3.05) is 46.4 Å². The van der Waals surface area contributed by atoms with Gasteiger partial charge in [0, 0.05) is 32.7 Å². The van der Waals surface area contributed by atoms with Crippen LogP contribution in [-0.2, 0) is 11.3 Å². The van der Waals surface area contributed by atoms with Gasteiger partial charge in [-0.3, -0.25) is 0 Å². The highest BCUT2D eigenvalue weighted by Crippen LogP contribution is 2.51. The Hall–Kier alpha value is -2.69. The molecule has 3 heterocycles. The predicted molar refractivity (Wildman–Crippen MR) is 125 cm³/mol. The van der Waals surface area contributed by atoms with Crippen LogP contribution in [0.5, 0.6) is 5.75 Å². The third-order valence-electron chi connectivity index (χ3n) is 7.99. The van der Waals surface area contributed by atoms with Gasteiger partial charge in [0.1, 0.15) is 5.75 Å². The smallest absolute Gasteiger partial charge is 0.407 e. The molecule has 8 nitrogen and oxygen atoms in total. The quantitative estimate of drug-likeness (QED) is 0.608. The van der Waals surface area contributed by atoms with Crippen LogP contribution in [0.2, 0.25) is 0 Å². The molecule has 3 aliphatic heterocycles. The highest BCUT2D eigenvalue weighted by atomic mass is 19.4. The van der Waals surface area contributed by atoms with E-state index in [2.05, 4.69) is 0 Å². The maximum atomic E-state index is 14.6. The first kappa shape index (κ1) is 26.4. The Morgan fingerprint density at radius 3 is 2.19 bits per heavy atom. The van der Waals surface area contributed by atoms with E-state index >= 15 is 0 Å². The van der Waals surface area contributed by atoms with Gasteiger partial charge in [-0.1, -0.05) is 12.1 Å². The lowest BCUT2D eigenvalue weighted by atomic mass is 9.68. The summed E-state index contributed by atoms with van der Waals surface area (Å²) in [6.45, 7) is 1.08. The largest absolute Gasteiger partial charge is 0.497 e. The van der Waals surface area contributed by atoms with Crippen LogP contribution in [0.3, 0.4) is 0 Å². The van der Waals surface area contributed by atoms with Crippen molar-refractivity contribution in [3.63, 3.8) is 0 Å². The van der Waals surface area contributed by atoms with E-state index in [1.54, 1.807) is 29.2 Å². The summed E-state index contributed by atoms with van der Waals surface area (Å²) < 4.78 is 54.5. The summed E-state index contributed by atoms with van der Waals surface area (Å²) in [6, 6.07) is 5.47. The summed E-state index contributed by atoms with van der Waals surface area (Å²) in [4.78, 5) is 29.1. The molecule has 3 saturated heterocycles. The molecule has 1 N–H and O–H groups in total. The Bertz CT molecular complexity index is 913. The fourth-order valence-corrected chi connectivity index (χ4v) is 5.99. The van der Waals surface area contributed by atoms with Crippen molar-refractivity contribution in [3.8, 4) is 5.75 Å². The molecule has 0 radical (unpaired) electrons. The van der Waals surface area contributed by atoms with Crippen molar-refractivity contribution >= 4 is 12.1 Å². The number of urea groups is 1. The Kier molecular flexibility index (Phi) is 7.87. The number of amides is 3. The third kappa shape index (κ3) is 5.50. The van der Waals surface area contributed by atoms with Gasteiger partial charge in [0.25, 0.3) is 0 Å². The molecular weight excluding hydrogens is 479 g/mol. The monoisotopic (exact) mass is 513 g/mol. The van der Waals surface area contributed by atoms with Crippen LogP contribution in [-0.4, -0.2) is 90.6 Å². The molecule has 36 heavy (non-hydrogen) atoms. The van der Waals surface area contributed by atoms with E-state index in [9.17, 15) is 27.9 Å². The summed E-state index contributed by atoms with van der Waals surface area (Å²) in [7, 11) is 1.53. The molecule has 1 aromatic carbocycles. The maximum Gasteiger partial charge on any atom is 0.407 e. The number of rotatable bonds is 6. The van der Waals surface area contributed by atoms with E-state index in [0.717, 1.165) is 18.4 Å². The van der Waals surface area contributed by atoms with E-state index in [4.69, 9.17) is 9.47 Å². The van der Waals surface area contributed by atoms with Crippen LogP contribution in [0.4, 0.5) is 22.8 Å². The lowest BCUT2D eigenvalue weighted by Crippen LogP contribution is -2.58. The molecular formula is C25H34F3N3O5. The second-order valence-corrected chi connectivity index (χ2v) is 10.0. The molecule has 3 fully saturated rings. The van der Waals surface area contributed by atoms with Crippen LogP contribution in [0.15, 0.2) is 24.3 Å². The number of halogens is 3. The molecule has 1 spiro atoms. The molecule has 2 unspecified atom stereocenters. The predicted octanol–water partition coefficient (Wildman–Crippen LogP) is 4.44. The number of carboxylic acid groups (broad SMARTS) is 1. The van der Waals surface area contributed by atoms with Crippen LogP contribution in [0.25, 0.3) is 0 Å². The van der Waals surface area contributed by atoms with Crippen molar-refractivity contribution in [2.45, 2.75) is 50.9 Å². The molecule has 3 aliphatic rings. The van der Waals surface area contributed by atoms with E-state index in [0.29, 0.717) is 38.1 Å². The average Bonchev–Trinajstić information content (AvgIpc) is 3.51. The number of methoxy groups -OCH3 is 1. The van der Waals surface area contributed by atoms with E-state index in [-0.39, 0.29) is 32.3 Å². The first-order chi connectivity index (χ1) is 17.1. The fraction of sp³-hybridized carbons (Fsp3) is 0.680. The molecule has 0 aliphatic carbocycles. The number of nitrogens with zero attached hydrogens (tertiary/aromatic N) is 3. The molecule has 0 saturated carbocycles. The maximum absolute atomic E-state index is 14.6. The molecule has 2 atom stereocenters. The van der Waals surface area contributed by atoms with Gasteiger partial charge >= 0.3 is 18.3 Å². The zero-order valence-electron chi connectivity index (χ0n) is 20.5. The number of piperidine rings is 1. The van der Waals surface area contributed by atoms with Gasteiger partial charge in [-0.25, -0.2) is 9.59 Å². The van der Waals surface area contributed by atoms with E-state index in [1.807, 2.05) is 0 Å². The van der Waals surface area contributed by atoms with Crippen LogP contribution >= 0.6 is 0 Å². The number of carbonyl (C=O) groups is 2. The Balaban J connectivity index is 1.56. The summed E-state index contributed by atoms with van der Waals surface area (Å²) in [5, 5.41) is 9.36. The zero-order chi connectivity index (χ0) is 25.9. The molecule has 0 bridgehead atoms. The van der Waals surface area contributed by atoms with Gasteiger partial charge in [0.05, 0.1) is 32.3 Å². The fourth-order valence-electron chi connectivity index (χ4n) is 5.99. The minimum absolute atomic E-state index is 0.00313. The molecule has 1 aromatic rings. The Labute approximate surface area is 208 Å². The summed E-state index contributed by atoms with van der Waals surface area (Å²) in [5.74, 6) is -1.23. The number of ether oxygens (including phenoxy) is 2. The standard InChI is InChI=1S/C25H34F3N3O5/c1-35-19-6-4-18(5-7-19)16-36-17-20(25(26,27)28)21-24(8-13-30(14-9-24)23(33)34)10-15-31(21)22(32)29-11-2-3-12-29/h4-7,20-21H,2-3,8-17H2,1H3,(H,33,34). The number of carbonyl (C=O) groups excluding carboxylic acids is 1. The Morgan fingerprint density at radius 2 is 1.64 bits per heavy atom. The van der Waals surface area contributed by atoms with Crippen LogP contribution < -0.4 is 4.74 Å².